The lowest BCUT2D eigenvalue weighted by atomic mass is 10.1. The van der Waals surface area contributed by atoms with Gasteiger partial charge >= 0.3 is 17.9 Å². The van der Waals surface area contributed by atoms with Crippen molar-refractivity contribution in [2.45, 2.75) is 174 Å². The Morgan fingerprint density at radius 2 is 1.00 bits per heavy atom. The van der Waals surface area contributed by atoms with Gasteiger partial charge in [-0.05, 0) is 83.5 Å². The molecule has 0 amide bonds. The second-order valence-electron chi connectivity index (χ2n) is 16.3. The minimum Gasteiger partial charge on any atom is -0.477 e. The monoisotopic (exact) mass is 837 g/mol. The van der Waals surface area contributed by atoms with E-state index in [1.807, 2.05) is 21.1 Å². The van der Waals surface area contributed by atoms with Gasteiger partial charge in [0.25, 0.3) is 0 Å². The Bertz CT molecular complexity index is 1300. The molecule has 0 spiro atoms. The zero-order valence-electron chi connectivity index (χ0n) is 38.6. The van der Waals surface area contributed by atoms with Crippen molar-refractivity contribution in [3.8, 4) is 0 Å². The largest absolute Gasteiger partial charge is 0.477 e. The summed E-state index contributed by atoms with van der Waals surface area (Å²) < 4.78 is 17.2. The van der Waals surface area contributed by atoms with Gasteiger partial charge in [0, 0.05) is 19.3 Å². The molecule has 0 saturated carbocycles. The first-order valence-corrected chi connectivity index (χ1v) is 23.3. The van der Waals surface area contributed by atoms with Crippen LogP contribution < -0.4 is 0 Å². The number of aliphatic carboxylic acids is 1. The summed E-state index contributed by atoms with van der Waals surface area (Å²) in [7, 11) is 5.50. The van der Waals surface area contributed by atoms with Gasteiger partial charge in [-0.1, -0.05) is 156 Å². The number of carbonyl (C=O) groups is 3. The first-order chi connectivity index (χ1) is 29.1. The van der Waals surface area contributed by atoms with Crippen molar-refractivity contribution in [2.24, 2.45) is 0 Å². The van der Waals surface area contributed by atoms with Crippen molar-refractivity contribution in [1.82, 2.24) is 0 Å². The van der Waals surface area contributed by atoms with Gasteiger partial charge in [0.05, 0.1) is 34.4 Å². The van der Waals surface area contributed by atoms with Crippen LogP contribution in [0.5, 0.6) is 0 Å². The third-order valence-electron chi connectivity index (χ3n) is 9.78. The highest BCUT2D eigenvalue weighted by Gasteiger charge is 2.31. The van der Waals surface area contributed by atoms with Crippen molar-refractivity contribution in [2.75, 3.05) is 41.0 Å². The number of carboxylic acid groups (broad SMARTS) is 1. The fraction of sp³-hybridized carbons (Fsp3) is 0.635. The van der Waals surface area contributed by atoms with E-state index in [4.69, 9.17) is 14.2 Å². The number of likely N-dealkylation sites (N-methyl/N-ethyl adjacent to an activating group) is 1. The minimum atomic E-state index is -0.888. The van der Waals surface area contributed by atoms with Gasteiger partial charge in [-0.25, -0.2) is 4.79 Å². The van der Waals surface area contributed by atoms with Gasteiger partial charge in [0.1, 0.15) is 6.61 Å². The standard InChI is InChI=1S/C52H85NO7/c1-6-8-10-12-14-16-18-20-22-23-24-25-26-27-29-30-32-34-36-38-40-42-50(54)59-47-48(46-58-45-44-49(52(56)57)53(3,4)5)60-51(55)43-41-39-37-35-33-31-28-21-19-17-15-13-11-9-7-2/h9,11,13-17,19-20,22,24-25,27,29,32,34,48-49H,6-8,10,12,18,21,23,26,28,30-31,33,35-47H2,1-5H3/p+1/b11-9+,15-13+,16-14+,19-17+,22-20+,25-24+,29-27+,34-32+. The maximum atomic E-state index is 12.7. The molecule has 2 atom stereocenters. The molecule has 2 unspecified atom stereocenters. The second kappa shape index (κ2) is 42.0. The lowest BCUT2D eigenvalue weighted by Gasteiger charge is -2.31. The van der Waals surface area contributed by atoms with E-state index in [2.05, 4.69) is 111 Å². The summed E-state index contributed by atoms with van der Waals surface area (Å²) in [6, 6.07) is -0.629. The highest BCUT2D eigenvalue weighted by molar-refractivity contribution is 5.72. The molecule has 0 radical (unpaired) electrons. The normalized spacial score (nSPS) is 13.8. The van der Waals surface area contributed by atoms with Crippen LogP contribution in [0.4, 0.5) is 0 Å². The lowest BCUT2D eigenvalue weighted by molar-refractivity contribution is -0.887. The highest BCUT2D eigenvalue weighted by Crippen LogP contribution is 2.13. The van der Waals surface area contributed by atoms with E-state index in [-0.39, 0.29) is 36.2 Å². The van der Waals surface area contributed by atoms with E-state index in [9.17, 15) is 19.5 Å². The Kier molecular flexibility index (Phi) is 39.3. The Morgan fingerprint density at radius 1 is 0.533 bits per heavy atom. The zero-order valence-corrected chi connectivity index (χ0v) is 38.6. The Hall–Kier alpha value is -3.75. The van der Waals surface area contributed by atoms with Gasteiger partial charge < -0.3 is 23.8 Å². The second-order valence-corrected chi connectivity index (χ2v) is 16.3. The van der Waals surface area contributed by atoms with E-state index >= 15 is 0 Å². The summed E-state index contributed by atoms with van der Waals surface area (Å²) >= 11 is 0. The van der Waals surface area contributed by atoms with Gasteiger partial charge in [0.2, 0.25) is 0 Å². The Morgan fingerprint density at radius 3 is 1.55 bits per heavy atom. The van der Waals surface area contributed by atoms with E-state index in [1.165, 1.54) is 44.9 Å². The average Bonchev–Trinajstić information content (AvgIpc) is 3.21. The number of rotatable bonds is 40. The van der Waals surface area contributed by atoms with Crippen LogP contribution in [-0.2, 0) is 28.6 Å². The molecule has 0 bridgehead atoms. The maximum absolute atomic E-state index is 12.7. The van der Waals surface area contributed by atoms with Gasteiger partial charge in [0.15, 0.2) is 12.1 Å². The number of hydrogen-bond donors (Lipinski definition) is 1. The van der Waals surface area contributed by atoms with Crippen molar-refractivity contribution in [3.05, 3.63) is 97.2 Å². The molecule has 0 heterocycles. The van der Waals surface area contributed by atoms with Crippen molar-refractivity contribution in [3.63, 3.8) is 0 Å². The quantitative estimate of drug-likeness (QED) is 0.0216. The lowest BCUT2D eigenvalue weighted by Crippen LogP contribution is -2.50. The van der Waals surface area contributed by atoms with Crippen molar-refractivity contribution in [1.29, 1.82) is 0 Å². The number of nitrogens with zero attached hydrogens (tertiary/aromatic N) is 1. The average molecular weight is 837 g/mol. The molecular weight excluding hydrogens is 751 g/mol. The van der Waals surface area contributed by atoms with Gasteiger partial charge in [-0.2, -0.15) is 0 Å². The van der Waals surface area contributed by atoms with Crippen LogP contribution in [0, 0.1) is 0 Å². The Labute approximate surface area is 366 Å². The number of esters is 2. The fourth-order valence-electron chi connectivity index (χ4n) is 6.17. The SMILES string of the molecule is CC/C=C/C=C/C=C/CCCCCCCCCC(=O)OC(COCCC(C(=O)O)[N+](C)(C)C)COC(=O)CCCC/C=C/C/C=C/C/C=C/C/C=C/C/C=C/CCCCC. The van der Waals surface area contributed by atoms with Crippen LogP contribution in [0.2, 0.25) is 0 Å². The number of hydrogen-bond acceptors (Lipinski definition) is 6. The first kappa shape index (κ1) is 56.2. The molecule has 0 aromatic carbocycles. The fourth-order valence-corrected chi connectivity index (χ4v) is 6.17. The van der Waals surface area contributed by atoms with Gasteiger partial charge in [-0.15, -0.1) is 0 Å². The number of carbonyl (C=O) groups excluding carboxylic acids is 2. The molecule has 0 saturated heterocycles. The molecule has 0 fully saturated rings. The van der Waals surface area contributed by atoms with Crippen LogP contribution in [0.25, 0.3) is 0 Å². The molecular formula is C52H86NO7+. The first-order valence-electron chi connectivity index (χ1n) is 23.3. The van der Waals surface area contributed by atoms with Gasteiger partial charge in [-0.3, -0.25) is 9.59 Å². The zero-order chi connectivity index (χ0) is 44.2. The minimum absolute atomic E-state index is 0.0358. The number of ether oxygens (including phenoxy) is 3. The highest BCUT2D eigenvalue weighted by atomic mass is 16.6. The molecule has 1 N–H and O–H groups in total. The van der Waals surface area contributed by atoms with Crippen LogP contribution >= 0.6 is 0 Å². The van der Waals surface area contributed by atoms with Crippen LogP contribution in [-0.4, -0.2) is 80.6 Å². The molecule has 8 nitrogen and oxygen atoms in total. The van der Waals surface area contributed by atoms with Crippen LogP contribution in [0.3, 0.4) is 0 Å². The summed E-state index contributed by atoms with van der Waals surface area (Å²) in [5.41, 5.74) is 0. The molecule has 0 aliphatic rings. The molecule has 0 aliphatic heterocycles. The third-order valence-corrected chi connectivity index (χ3v) is 9.78. The molecule has 0 aromatic rings. The number of quaternary nitrogens is 1. The maximum Gasteiger partial charge on any atom is 0.362 e. The number of allylic oxidation sites excluding steroid dienone is 16. The summed E-state index contributed by atoms with van der Waals surface area (Å²) in [4.78, 5) is 37.0. The predicted octanol–water partition coefficient (Wildman–Crippen LogP) is 13.1. The molecule has 0 rings (SSSR count). The van der Waals surface area contributed by atoms with Crippen molar-refractivity contribution < 1.29 is 38.2 Å². The molecule has 0 aliphatic carbocycles. The smallest absolute Gasteiger partial charge is 0.362 e. The molecule has 60 heavy (non-hydrogen) atoms. The van der Waals surface area contributed by atoms with Crippen molar-refractivity contribution >= 4 is 17.9 Å². The van der Waals surface area contributed by atoms with E-state index < -0.39 is 18.1 Å². The van der Waals surface area contributed by atoms with E-state index in [0.717, 1.165) is 77.0 Å². The summed E-state index contributed by atoms with van der Waals surface area (Å²) in [5.74, 6) is -1.55. The third kappa shape index (κ3) is 39.7. The summed E-state index contributed by atoms with van der Waals surface area (Å²) in [6.07, 6.45) is 55.9. The summed E-state index contributed by atoms with van der Waals surface area (Å²) in [6.45, 7) is 4.50. The van der Waals surface area contributed by atoms with Crippen LogP contribution in [0.1, 0.15) is 162 Å². The number of carboxylic acids is 1. The molecule has 0 aromatic heterocycles. The van der Waals surface area contributed by atoms with Crippen LogP contribution in [0.15, 0.2) is 97.2 Å². The number of unbranched alkanes of at least 4 members (excludes halogenated alkanes) is 12. The summed E-state index contributed by atoms with van der Waals surface area (Å²) in [5, 5.41) is 9.63. The topological polar surface area (TPSA) is 99.1 Å². The molecule has 8 heteroatoms. The van der Waals surface area contributed by atoms with E-state index in [1.54, 1.807) is 0 Å². The van der Waals surface area contributed by atoms with E-state index in [0.29, 0.717) is 25.7 Å². The Balaban J connectivity index is 4.42. The molecule has 340 valence electrons. The predicted molar refractivity (Wildman–Crippen MR) is 252 cm³/mol.